The third-order valence-electron chi connectivity index (χ3n) is 5.62. The summed E-state index contributed by atoms with van der Waals surface area (Å²) < 4.78 is 10.5. The zero-order chi connectivity index (χ0) is 20.1. The van der Waals surface area contributed by atoms with Crippen LogP contribution in [0, 0.1) is 5.41 Å². The highest BCUT2D eigenvalue weighted by Gasteiger charge is 2.46. The first kappa shape index (κ1) is 20.1. The van der Waals surface area contributed by atoms with Crippen molar-refractivity contribution in [3.8, 4) is 0 Å². The van der Waals surface area contributed by atoms with Gasteiger partial charge in [-0.25, -0.2) is 4.79 Å². The molecule has 1 saturated heterocycles. The summed E-state index contributed by atoms with van der Waals surface area (Å²) in [6.07, 6.45) is 6.56. The van der Waals surface area contributed by atoms with Gasteiger partial charge in [0.1, 0.15) is 0 Å². The SMILES string of the molecule is CCOC(=O)C1(C2=CN(C(=O)OC)C(c3ccccc3)C=C2)CCN(C)CC1. The van der Waals surface area contributed by atoms with Gasteiger partial charge in [0, 0.05) is 6.20 Å². The number of ether oxygens (including phenoxy) is 2. The lowest BCUT2D eigenvalue weighted by Gasteiger charge is -2.41. The zero-order valence-corrected chi connectivity index (χ0v) is 16.8. The molecule has 0 saturated carbocycles. The van der Waals surface area contributed by atoms with E-state index in [1.165, 1.54) is 7.11 Å². The molecule has 0 spiro atoms. The summed E-state index contributed by atoms with van der Waals surface area (Å²) in [7, 11) is 3.42. The van der Waals surface area contributed by atoms with Crippen LogP contribution in [0.25, 0.3) is 0 Å². The number of nitrogens with zero attached hydrogens (tertiary/aromatic N) is 2. The molecular formula is C22H28N2O4. The van der Waals surface area contributed by atoms with E-state index in [1.807, 2.05) is 56.5 Å². The monoisotopic (exact) mass is 384 g/mol. The fourth-order valence-electron chi connectivity index (χ4n) is 3.92. The summed E-state index contributed by atoms with van der Waals surface area (Å²) in [5, 5.41) is 0. The Labute approximate surface area is 166 Å². The molecule has 0 bridgehead atoms. The lowest BCUT2D eigenvalue weighted by Crippen LogP contribution is -2.46. The van der Waals surface area contributed by atoms with E-state index in [2.05, 4.69) is 4.90 Å². The van der Waals surface area contributed by atoms with Crippen molar-refractivity contribution >= 4 is 12.1 Å². The summed E-state index contributed by atoms with van der Waals surface area (Å²) in [5.41, 5.74) is 1.04. The number of likely N-dealkylation sites (tertiary alicyclic amines) is 1. The van der Waals surface area contributed by atoms with Crippen molar-refractivity contribution in [2.75, 3.05) is 33.9 Å². The Morgan fingerprint density at radius 3 is 2.46 bits per heavy atom. The van der Waals surface area contributed by atoms with Crippen molar-refractivity contribution < 1.29 is 19.1 Å². The quantitative estimate of drug-likeness (QED) is 0.744. The molecule has 1 aromatic rings. The number of carbonyl (C=O) groups excluding carboxylic acids is 2. The van der Waals surface area contributed by atoms with E-state index < -0.39 is 11.5 Å². The van der Waals surface area contributed by atoms with Crippen molar-refractivity contribution in [3.63, 3.8) is 0 Å². The van der Waals surface area contributed by atoms with Crippen LogP contribution in [-0.4, -0.2) is 55.7 Å². The predicted molar refractivity (Wildman–Crippen MR) is 106 cm³/mol. The molecule has 1 fully saturated rings. The van der Waals surface area contributed by atoms with Gasteiger partial charge in [-0.2, -0.15) is 0 Å². The third-order valence-corrected chi connectivity index (χ3v) is 5.62. The second kappa shape index (κ2) is 8.61. The zero-order valence-electron chi connectivity index (χ0n) is 16.8. The second-order valence-electron chi connectivity index (χ2n) is 7.28. The fraction of sp³-hybridized carbons (Fsp3) is 0.455. The van der Waals surface area contributed by atoms with Gasteiger partial charge < -0.3 is 14.4 Å². The van der Waals surface area contributed by atoms with E-state index in [9.17, 15) is 9.59 Å². The average Bonchev–Trinajstić information content (AvgIpc) is 2.74. The van der Waals surface area contributed by atoms with Gasteiger partial charge in [-0.1, -0.05) is 42.5 Å². The summed E-state index contributed by atoms with van der Waals surface area (Å²) in [5.74, 6) is -0.220. The maximum atomic E-state index is 13.0. The van der Waals surface area contributed by atoms with E-state index in [0.29, 0.717) is 19.4 Å². The van der Waals surface area contributed by atoms with Gasteiger partial charge in [0.15, 0.2) is 0 Å². The Morgan fingerprint density at radius 1 is 1.18 bits per heavy atom. The lowest BCUT2D eigenvalue weighted by molar-refractivity contribution is -0.155. The van der Waals surface area contributed by atoms with Gasteiger partial charge in [0.2, 0.25) is 0 Å². The molecule has 0 aromatic heterocycles. The largest absolute Gasteiger partial charge is 0.465 e. The first-order valence-corrected chi connectivity index (χ1v) is 9.69. The smallest absolute Gasteiger partial charge is 0.414 e. The fourth-order valence-corrected chi connectivity index (χ4v) is 3.92. The Kier molecular flexibility index (Phi) is 6.19. The third kappa shape index (κ3) is 3.83. The molecule has 6 heteroatoms. The highest BCUT2D eigenvalue weighted by Crippen LogP contribution is 2.43. The number of allylic oxidation sites excluding steroid dienone is 1. The molecule has 1 amide bonds. The minimum Gasteiger partial charge on any atom is -0.465 e. The van der Waals surface area contributed by atoms with E-state index in [0.717, 1.165) is 24.2 Å². The summed E-state index contributed by atoms with van der Waals surface area (Å²) in [4.78, 5) is 29.3. The number of rotatable bonds is 4. The summed E-state index contributed by atoms with van der Waals surface area (Å²) >= 11 is 0. The van der Waals surface area contributed by atoms with E-state index in [1.54, 1.807) is 11.1 Å². The number of hydrogen-bond donors (Lipinski definition) is 0. The molecule has 6 nitrogen and oxygen atoms in total. The van der Waals surface area contributed by atoms with Crippen LogP contribution in [0.3, 0.4) is 0 Å². The van der Waals surface area contributed by atoms with Crippen LogP contribution in [0.1, 0.15) is 31.4 Å². The van der Waals surface area contributed by atoms with Crippen molar-refractivity contribution in [2.45, 2.75) is 25.8 Å². The van der Waals surface area contributed by atoms with Crippen molar-refractivity contribution in [3.05, 3.63) is 59.8 Å². The second-order valence-corrected chi connectivity index (χ2v) is 7.28. The van der Waals surface area contributed by atoms with Crippen LogP contribution >= 0.6 is 0 Å². The molecule has 2 aliphatic rings. The van der Waals surface area contributed by atoms with Gasteiger partial charge in [-0.05, 0) is 51.0 Å². The molecule has 1 unspecified atom stereocenters. The maximum Gasteiger partial charge on any atom is 0.414 e. The Hall–Kier alpha value is -2.60. The standard InChI is InChI=1S/C22H28N2O4/c1-4-28-20(25)22(12-14-23(2)15-13-22)18-10-11-19(17-8-6-5-7-9-17)24(16-18)21(26)27-3/h5-11,16,19H,4,12-15H2,1-3H3. The molecule has 2 heterocycles. The Bertz CT molecular complexity index is 764. The molecule has 0 N–H and O–H groups in total. The number of piperidine rings is 1. The molecule has 150 valence electrons. The molecular weight excluding hydrogens is 356 g/mol. The molecule has 0 aliphatic carbocycles. The normalized spacial score (nSPS) is 21.8. The van der Waals surface area contributed by atoms with Gasteiger partial charge in [-0.15, -0.1) is 0 Å². The molecule has 2 aliphatic heterocycles. The number of amides is 1. The van der Waals surface area contributed by atoms with Gasteiger partial charge in [0.05, 0.1) is 25.2 Å². The maximum absolute atomic E-state index is 13.0. The first-order chi connectivity index (χ1) is 13.5. The number of methoxy groups -OCH3 is 1. The molecule has 0 radical (unpaired) electrons. The van der Waals surface area contributed by atoms with Gasteiger partial charge in [0.25, 0.3) is 0 Å². The first-order valence-electron chi connectivity index (χ1n) is 9.69. The van der Waals surface area contributed by atoms with Gasteiger partial charge >= 0.3 is 12.1 Å². The number of esters is 1. The van der Waals surface area contributed by atoms with E-state index >= 15 is 0 Å². The summed E-state index contributed by atoms with van der Waals surface area (Å²) in [6.45, 7) is 3.74. The van der Waals surface area contributed by atoms with Crippen molar-refractivity contribution in [2.24, 2.45) is 5.41 Å². The Morgan fingerprint density at radius 2 is 1.86 bits per heavy atom. The van der Waals surface area contributed by atoms with Crippen LogP contribution in [0.2, 0.25) is 0 Å². The van der Waals surface area contributed by atoms with E-state index in [4.69, 9.17) is 9.47 Å². The number of carbonyl (C=O) groups is 2. The predicted octanol–water partition coefficient (Wildman–Crippen LogP) is 3.52. The summed E-state index contributed by atoms with van der Waals surface area (Å²) in [6, 6.07) is 9.49. The Balaban J connectivity index is 1.99. The number of hydrogen-bond acceptors (Lipinski definition) is 5. The van der Waals surface area contributed by atoms with Crippen LogP contribution < -0.4 is 0 Å². The minimum absolute atomic E-state index is 0.220. The molecule has 3 rings (SSSR count). The van der Waals surface area contributed by atoms with Crippen LogP contribution in [0.15, 0.2) is 54.3 Å². The highest BCUT2D eigenvalue weighted by molar-refractivity contribution is 5.82. The molecule has 1 atom stereocenters. The van der Waals surface area contributed by atoms with E-state index in [-0.39, 0.29) is 12.0 Å². The molecule has 28 heavy (non-hydrogen) atoms. The highest BCUT2D eigenvalue weighted by atomic mass is 16.5. The van der Waals surface area contributed by atoms with Crippen LogP contribution in [0.5, 0.6) is 0 Å². The topological polar surface area (TPSA) is 59.1 Å². The van der Waals surface area contributed by atoms with Crippen LogP contribution in [0.4, 0.5) is 4.79 Å². The lowest BCUT2D eigenvalue weighted by atomic mass is 9.71. The minimum atomic E-state index is -0.743. The van der Waals surface area contributed by atoms with Crippen molar-refractivity contribution in [1.82, 2.24) is 9.80 Å². The van der Waals surface area contributed by atoms with Crippen LogP contribution in [-0.2, 0) is 14.3 Å². The number of benzene rings is 1. The van der Waals surface area contributed by atoms with Gasteiger partial charge in [-0.3, -0.25) is 9.69 Å². The average molecular weight is 384 g/mol. The molecule has 1 aromatic carbocycles. The van der Waals surface area contributed by atoms with Crippen molar-refractivity contribution in [1.29, 1.82) is 0 Å².